The lowest BCUT2D eigenvalue weighted by molar-refractivity contribution is 0.437. The Morgan fingerprint density at radius 2 is 1.00 bits per heavy atom. The summed E-state index contributed by atoms with van der Waals surface area (Å²) in [5.41, 5.74) is 1.39. The van der Waals surface area contributed by atoms with Crippen molar-refractivity contribution in [1.82, 2.24) is 4.90 Å². The van der Waals surface area contributed by atoms with Crippen LogP contribution in [0.25, 0.3) is 0 Å². The van der Waals surface area contributed by atoms with Gasteiger partial charge >= 0.3 is 0 Å². The number of likely N-dealkylation sites (N-methyl/N-ethyl adjacent to an activating group) is 1. The smallest absolute Gasteiger partial charge is 0.0184 e. The normalized spacial score (nSPS) is 11.3. The minimum atomic E-state index is 1.05. The second kappa shape index (κ2) is 17.1. The molecule has 0 atom stereocenters. The first-order chi connectivity index (χ1) is 10.7. The number of nitrogens with zero attached hydrogens (tertiary/aromatic N) is 1. The molecule has 0 N–H and O–H groups in total. The third-order valence-corrected chi connectivity index (χ3v) is 4.42. The molecule has 0 saturated heterocycles. The summed E-state index contributed by atoms with van der Waals surface area (Å²) in [6.45, 7) is 7.50. The van der Waals surface area contributed by atoms with E-state index >= 15 is 0 Å². The number of unbranched alkanes of at least 4 members (excludes halogenated alkanes) is 13. The highest BCUT2D eigenvalue weighted by atomic mass is 15.0. The maximum atomic E-state index is 4.15. The Kier molecular flexibility index (Phi) is 16.8. The first-order valence-electron chi connectivity index (χ1n) is 9.98. The lowest BCUT2D eigenvalue weighted by atomic mass is 10.0. The molecule has 0 aromatic carbocycles. The summed E-state index contributed by atoms with van der Waals surface area (Å²) in [6.07, 6.45) is 21.3. The van der Waals surface area contributed by atoms with E-state index in [2.05, 4.69) is 32.5 Å². The van der Waals surface area contributed by atoms with Crippen LogP contribution in [0.4, 0.5) is 0 Å². The Balaban J connectivity index is 3.07. The number of rotatable bonds is 17. The summed E-state index contributed by atoms with van der Waals surface area (Å²) in [7, 11) is 4.24. The van der Waals surface area contributed by atoms with Crippen LogP contribution in [0, 0.1) is 0 Å². The van der Waals surface area contributed by atoms with Gasteiger partial charge in [0.05, 0.1) is 0 Å². The molecule has 1 nitrogen and oxygen atoms in total. The fraction of sp³-hybridized carbons (Fsp3) is 0.905. The average molecular weight is 310 g/mol. The van der Waals surface area contributed by atoms with Gasteiger partial charge in [0.2, 0.25) is 0 Å². The second-order valence-corrected chi connectivity index (χ2v) is 7.33. The predicted molar refractivity (Wildman–Crippen MR) is 103 cm³/mol. The molecule has 132 valence electrons. The van der Waals surface area contributed by atoms with E-state index in [1.54, 1.807) is 0 Å². The van der Waals surface area contributed by atoms with Crippen molar-refractivity contribution in [2.24, 2.45) is 0 Å². The third-order valence-electron chi connectivity index (χ3n) is 4.42. The van der Waals surface area contributed by atoms with Crippen LogP contribution in [-0.2, 0) is 0 Å². The Labute approximate surface area is 141 Å². The molecule has 0 radical (unpaired) electrons. The highest BCUT2D eigenvalue weighted by Gasteiger charge is 1.97. The summed E-state index contributed by atoms with van der Waals surface area (Å²) in [4.78, 5) is 2.21. The Bertz CT molecular complexity index is 232. The van der Waals surface area contributed by atoms with Gasteiger partial charge in [-0.15, -0.1) is 0 Å². The maximum absolute atomic E-state index is 4.15. The zero-order chi connectivity index (χ0) is 16.5. The van der Waals surface area contributed by atoms with Crippen LogP contribution in [0.3, 0.4) is 0 Å². The van der Waals surface area contributed by atoms with Crippen molar-refractivity contribution in [2.45, 2.75) is 103 Å². The first-order valence-corrected chi connectivity index (χ1v) is 9.98. The average Bonchev–Trinajstić information content (AvgIpc) is 2.47. The second-order valence-electron chi connectivity index (χ2n) is 7.33. The molecule has 0 aliphatic rings. The van der Waals surface area contributed by atoms with Gasteiger partial charge < -0.3 is 4.90 Å². The monoisotopic (exact) mass is 309 g/mol. The van der Waals surface area contributed by atoms with Crippen molar-refractivity contribution in [2.75, 3.05) is 20.6 Å². The molecule has 0 unspecified atom stereocenters. The SMILES string of the molecule is C=C(CCCCCCCCCCCCCCCC)CN(C)C. The van der Waals surface area contributed by atoms with Gasteiger partial charge in [0.1, 0.15) is 0 Å². The number of hydrogen-bond acceptors (Lipinski definition) is 1. The fourth-order valence-corrected chi connectivity index (χ4v) is 3.10. The summed E-state index contributed by atoms with van der Waals surface area (Å²) in [5, 5.41) is 0. The van der Waals surface area contributed by atoms with E-state index in [9.17, 15) is 0 Å². The Hall–Kier alpha value is -0.300. The summed E-state index contributed by atoms with van der Waals surface area (Å²) in [6, 6.07) is 0. The summed E-state index contributed by atoms with van der Waals surface area (Å²) < 4.78 is 0. The Morgan fingerprint density at radius 1 is 0.636 bits per heavy atom. The zero-order valence-corrected chi connectivity index (χ0v) is 16.0. The van der Waals surface area contributed by atoms with Gasteiger partial charge in [-0.2, -0.15) is 0 Å². The minimum Gasteiger partial charge on any atom is -0.305 e. The lowest BCUT2D eigenvalue weighted by Crippen LogP contribution is -2.14. The molecule has 0 rings (SSSR count). The quantitative estimate of drug-likeness (QED) is 0.207. The van der Waals surface area contributed by atoms with Crippen LogP contribution in [-0.4, -0.2) is 25.5 Å². The number of hydrogen-bond donors (Lipinski definition) is 0. The largest absolute Gasteiger partial charge is 0.305 e. The van der Waals surface area contributed by atoms with Crippen molar-refractivity contribution >= 4 is 0 Å². The van der Waals surface area contributed by atoms with Crippen molar-refractivity contribution in [3.05, 3.63) is 12.2 Å². The van der Waals surface area contributed by atoms with E-state index in [4.69, 9.17) is 0 Å². The standard InChI is InChI=1S/C21H43N/c1-5-6-7-8-9-10-11-12-13-14-15-16-17-18-19-21(2)20-22(3)4/h2,5-20H2,1,3-4H3. The van der Waals surface area contributed by atoms with Gasteiger partial charge in [0.15, 0.2) is 0 Å². The van der Waals surface area contributed by atoms with Gasteiger partial charge in [-0.1, -0.05) is 103 Å². The molecule has 0 saturated carbocycles. The molecule has 0 amide bonds. The van der Waals surface area contributed by atoms with Crippen LogP contribution < -0.4 is 0 Å². The van der Waals surface area contributed by atoms with E-state index in [0.29, 0.717) is 0 Å². The van der Waals surface area contributed by atoms with Gasteiger partial charge in [-0.3, -0.25) is 0 Å². The topological polar surface area (TPSA) is 3.24 Å². The minimum absolute atomic E-state index is 1.05. The van der Waals surface area contributed by atoms with E-state index in [-0.39, 0.29) is 0 Å². The molecular formula is C21H43N. The van der Waals surface area contributed by atoms with E-state index in [0.717, 1.165) is 6.54 Å². The van der Waals surface area contributed by atoms with Crippen LogP contribution in [0.1, 0.15) is 103 Å². The van der Waals surface area contributed by atoms with Crippen molar-refractivity contribution in [1.29, 1.82) is 0 Å². The highest BCUT2D eigenvalue weighted by Crippen LogP contribution is 2.14. The van der Waals surface area contributed by atoms with Gasteiger partial charge in [-0.05, 0) is 26.9 Å². The Morgan fingerprint density at radius 3 is 1.36 bits per heavy atom. The van der Waals surface area contributed by atoms with Crippen molar-refractivity contribution < 1.29 is 0 Å². The van der Waals surface area contributed by atoms with Crippen molar-refractivity contribution in [3.8, 4) is 0 Å². The molecular weight excluding hydrogens is 266 g/mol. The molecule has 1 heteroatoms. The van der Waals surface area contributed by atoms with Crippen molar-refractivity contribution in [3.63, 3.8) is 0 Å². The van der Waals surface area contributed by atoms with E-state index in [1.165, 1.54) is 102 Å². The highest BCUT2D eigenvalue weighted by molar-refractivity contribution is 4.96. The fourth-order valence-electron chi connectivity index (χ4n) is 3.10. The van der Waals surface area contributed by atoms with Gasteiger partial charge in [0, 0.05) is 6.54 Å². The molecule has 0 fully saturated rings. The predicted octanol–water partition coefficient (Wildman–Crippen LogP) is 6.98. The lowest BCUT2D eigenvalue weighted by Gasteiger charge is -2.11. The molecule has 0 aromatic rings. The first kappa shape index (κ1) is 21.7. The van der Waals surface area contributed by atoms with Crippen LogP contribution >= 0.6 is 0 Å². The molecule has 0 aromatic heterocycles. The van der Waals surface area contributed by atoms with Gasteiger partial charge in [-0.25, -0.2) is 0 Å². The molecule has 22 heavy (non-hydrogen) atoms. The van der Waals surface area contributed by atoms with E-state index in [1.807, 2.05) is 0 Å². The third kappa shape index (κ3) is 17.8. The molecule has 0 heterocycles. The molecule has 0 aliphatic heterocycles. The molecule has 0 aliphatic carbocycles. The van der Waals surface area contributed by atoms with E-state index < -0.39 is 0 Å². The summed E-state index contributed by atoms with van der Waals surface area (Å²) in [5.74, 6) is 0. The molecule has 0 bridgehead atoms. The molecule has 0 spiro atoms. The van der Waals surface area contributed by atoms with Crippen LogP contribution in [0.2, 0.25) is 0 Å². The van der Waals surface area contributed by atoms with Crippen LogP contribution in [0.5, 0.6) is 0 Å². The van der Waals surface area contributed by atoms with Crippen LogP contribution in [0.15, 0.2) is 12.2 Å². The summed E-state index contributed by atoms with van der Waals surface area (Å²) >= 11 is 0. The zero-order valence-electron chi connectivity index (χ0n) is 16.0. The van der Waals surface area contributed by atoms with Gasteiger partial charge in [0.25, 0.3) is 0 Å². The maximum Gasteiger partial charge on any atom is 0.0184 e.